The van der Waals surface area contributed by atoms with Gasteiger partial charge in [0.05, 0.1) is 13.2 Å². The molecule has 9 heteroatoms. The maximum atomic E-state index is 14.7. The zero-order valence-corrected chi connectivity index (χ0v) is 15.3. The highest BCUT2D eigenvalue weighted by Gasteiger charge is 2.47. The minimum atomic E-state index is -3.78. The Bertz CT molecular complexity index is 751. The highest BCUT2D eigenvalue weighted by molar-refractivity contribution is 6.23. The first kappa shape index (κ1) is 21.9. The Labute approximate surface area is 160 Å². The van der Waals surface area contributed by atoms with Crippen molar-refractivity contribution in [1.82, 2.24) is 0 Å². The monoisotopic (exact) mass is 400 g/mol. The van der Waals surface area contributed by atoms with Gasteiger partial charge in [0.2, 0.25) is 0 Å². The molecule has 1 aliphatic carbocycles. The van der Waals surface area contributed by atoms with Crippen LogP contribution in [0.5, 0.6) is 0 Å². The van der Waals surface area contributed by atoms with Crippen molar-refractivity contribution >= 4 is 11.8 Å². The van der Waals surface area contributed by atoms with Crippen molar-refractivity contribution < 1.29 is 43.2 Å². The van der Waals surface area contributed by atoms with Gasteiger partial charge in [-0.1, -0.05) is 24.3 Å². The molecule has 0 radical (unpaired) electrons. The lowest BCUT2D eigenvalue weighted by Crippen LogP contribution is -2.36. The van der Waals surface area contributed by atoms with E-state index in [9.17, 15) is 33.7 Å². The number of esters is 1. The first-order chi connectivity index (χ1) is 13.1. The van der Waals surface area contributed by atoms with E-state index < -0.39 is 59.0 Å². The predicted molar refractivity (Wildman–Crippen MR) is 93.2 cm³/mol. The normalized spacial score (nSPS) is 33.9. The van der Waals surface area contributed by atoms with Gasteiger partial charge in [0.1, 0.15) is 23.9 Å². The van der Waals surface area contributed by atoms with Crippen LogP contribution in [0.4, 0.5) is 8.78 Å². The van der Waals surface area contributed by atoms with Crippen molar-refractivity contribution in [3.8, 4) is 0 Å². The maximum absolute atomic E-state index is 14.7. The lowest BCUT2D eigenvalue weighted by Gasteiger charge is -2.26. The molecular formula is C19H22F2O7. The Balaban J connectivity index is 2.52. The summed E-state index contributed by atoms with van der Waals surface area (Å²) in [6, 6.07) is 0. The van der Waals surface area contributed by atoms with Crippen molar-refractivity contribution in [1.29, 1.82) is 0 Å². The van der Waals surface area contributed by atoms with Gasteiger partial charge in [0, 0.05) is 18.1 Å². The Morgan fingerprint density at radius 3 is 2.50 bits per heavy atom. The van der Waals surface area contributed by atoms with Crippen LogP contribution in [0, 0.1) is 0 Å². The maximum Gasteiger partial charge on any atom is 0.342 e. The lowest BCUT2D eigenvalue weighted by atomic mass is 9.90. The standard InChI is InChI=1S/C19H22F2O7/c1-10-5-3-7-12(22)17(25)13(23)8-4-6-11-16(18(26)28-10)14(24)9-15(27-2)19(11,20)21/h3-4,6-7,9-10,12-13,17,22-23,25H,5,8H2,1-2H3/b6-4+,7-3+/t10-,12-,13-,17+/m0/s1. The Hall–Kier alpha value is -2.36. The van der Waals surface area contributed by atoms with Gasteiger partial charge in [-0.3, -0.25) is 4.79 Å². The quantitative estimate of drug-likeness (QED) is 0.341. The van der Waals surface area contributed by atoms with E-state index in [4.69, 9.17) is 4.74 Å². The summed E-state index contributed by atoms with van der Waals surface area (Å²) in [5.41, 5.74) is -1.76. The summed E-state index contributed by atoms with van der Waals surface area (Å²) < 4.78 is 39.1. The molecule has 0 unspecified atom stereocenters. The summed E-state index contributed by atoms with van der Waals surface area (Å²) in [6.45, 7) is 1.48. The summed E-state index contributed by atoms with van der Waals surface area (Å²) in [5.74, 6) is -6.91. The molecule has 0 amide bonds. The smallest absolute Gasteiger partial charge is 0.342 e. The van der Waals surface area contributed by atoms with Crippen LogP contribution in [0.2, 0.25) is 0 Å². The number of ketones is 1. The number of rotatable bonds is 1. The highest BCUT2D eigenvalue weighted by Crippen LogP contribution is 2.39. The third-order valence-electron chi connectivity index (χ3n) is 4.37. The second-order valence-electron chi connectivity index (χ2n) is 6.51. The van der Waals surface area contributed by atoms with Crippen LogP contribution >= 0.6 is 0 Å². The van der Waals surface area contributed by atoms with Crippen LogP contribution < -0.4 is 0 Å². The van der Waals surface area contributed by atoms with E-state index in [0.29, 0.717) is 6.08 Å². The van der Waals surface area contributed by atoms with E-state index in [1.54, 1.807) is 0 Å². The molecule has 1 heterocycles. The number of halogens is 2. The molecule has 0 aromatic carbocycles. The Kier molecular flexibility index (Phi) is 6.87. The first-order valence-electron chi connectivity index (χ1n) is 8.61. The molecule has 0 aromatic rings. The first-order valence-corrected chi connectivity index (χ1v) is 8.61. The summed E-state index contributed by atoms with van der Waals surface area (Å²) in [5, 5.41) is 29.7. The van der Waals surface area contributed by atoms with Crippen molar-refractivity contribution in [2.75, 3.05) is 7.11 Å². The van der Waals surface area contributed by atoms with E-state index in [2.05, 4.69) is 4.74 Å². The van der Waals surface area contributed by atoms with Crippen molar-refractivity contribution in [2.45, 2.75) is 50.1 Å². The molecule has 1 aliphatic heterocycles. The number of hydrogen-bond donors (Lipinski definition) is 3. The van der Waals surface area contributed by atoms with Gasteiger partial charge in [0.15, 0.2) is 11.5 Å². The molecule has 28 heavy (non-hydrogen) atoms. The average Bonchev–Trinajstić information content (AvgIpc) is 2.62. The number of allylic oxidation sites excluding steroid dienone is 3. The number of alkyl halides is 2. The number of aliphatic hydroxyl groups excluding tert-OH is 3. The molecule has 2 aliphatic rings. The summed E-state index contributed by atoms with van der Waals surface area (Å²) in [6.07, 6.45) is -0.374. The molecule has 2 rings (SSSR count). The van der Waals surface area contributed by atoms with Gasteiger partial charge in [0.25, 0.3) is 0 Å². The van der Waals surface area contributed by atoms with Gasteiger partial charge in [-0.15, -0.1) is 0 Å². The molecule has 0 bridgehead atoms. The summed E-state index contributed by atoms with van der Waals surface area (Å²) >= 11 is 0. The summed E-state index contributed by atoms with van der Waals surface area (Å²) in [7, 11) is 0.972. The zero-order valence-electron chi connectivity index (χ0n) is 15.3. The minimum absolute atomic E-state index is 0.0911. The SMILES string of the molecule is COC1=CC(=O)C2=C(/C=C/C[C@H](O)[C@H](O)[C@@H](O)/C=C/C[C@H](C)OC2=O)C1(F)F. The number of carbonyl (C=O) groups excluding carboxylic acids is 2. The van der Waals surface area contributed by atoms with Crippen LogP contribution in [0.25, 0.3) is 0 Å². The molecule has 4 atom stereocenters. The predicted octanol–water partition coefficient (Wildman–Crippen LogP) is 0.952. The van der Waals surface area contributed by atoms with Gasteiger partial charge in [-0.25, -0.2) is 4.79 Å². The molecule has 7 nitrogen and oxygen atoms in total. The number of cyclic esters (lactones) is 1. The lowest BCUT2D eigenvalue weighted by molar-refractivity contribution is -0.144. The van der Waals surface area contributed by atoms with Gasteiger partial charge < -0.3 is 24.8 Å². The number of ether oxygens (including phenoxy) is 2. The Morgan fingerprint density at radius 1 is 1.18 bits per heavy atom. The third kappa shape index (κ3) is 4.54. The van der Waals surface area contributed by atoms with Crippen molar-refractivity contribution in [2.24, 2.45) is 0 Å². The molecule has 0 saturated heterocycles. The Morgan fingerprint density at radius 2 is 1.86 bits per heavy atom. The van der Waals surface area contributed by atoms with Crippen molar-refractivity contribution in [3.63, 3.8) is 0 Å². The fourth-order valence-electron chi connectivity index (χ4n) is 2.80. The van der Waals surface area contributed by atoms with Crippen LogP contribution in [-0.2, 0) is 19.1 Å². The molecule has 0 fully saturated rings. The fourth-order valence-corrected chi connectivity index (χ4v) is 2.80. The second-order valence-corrected chi connectivity index (χ2v) is 6.51. The topological polar surface area (TPSA) is 113 Å². The molecule has 0 spiro atoms. The van der Waals surface area contributed by atoms with Crippen LogP contribution in [0.3, 0.4) is 0 Å². The number of hydrogen-bond acceptors (Lipinski definition) is 7. The van der Waals surface area contributed by atoms with Gasteiger partial charge >= 0.3 is 11.9 Å². The van der Waals surface area contributed by atoms with Crippen LogP contribution in [-0.4, -0.2) is 64.5 Å². The number of methoxy groups -OCH3 is 1. The average molecular weight is 400 g/mol. The van der Waals surface area contributed by atoms with Crippen LogP contribution in [0.15, 0.2) is 47.3 Å². The van der Waals surface area contributed by atoms with Gasteiger partial charge in [-0.05, 0) is 13.3 Å². The minimum Gasteiger partial charge on any atom is -0.494 e. The molecular weight excluding hydrogens is 378 g/mol. The molecule has 154 valence electrons. The van der Waals surface area contributed by atoms with Crippen LogP contribution in [0.1, 0.15) is 19.8 Å². The molecule has 0 aromatic heterocycles. The number of aliphatic hydroxyl groups is 3. The second kappa shape index (κ2) is 8.76. The largest absolute Gasteiger partial charge is 0.494 e. The van der Waals surface area contributed by atoms with E-state index in [0.717, 1.165) is 19.3 Å². The van der Waals surface area contributed by atoms with E-state index >= 15 is 0 Å². The van der Waals surface area contributed by atoms with Gasteiger partial charge in [-0.2, -0.15) is 8.78 Å². The number of carbonyl (C=O) groups is 2. The molecule has 0 saturated carbocycles. The van der Waals surface area contributed by atoms with E-state index in [1.165, 1.54) is 19.1 Å². The molecule has 3 N–H and O–H groups in total. The fraction of sp³-hybridized carbons (Fsp3) is 0.474. The summed E-state index contributed by atoms with van der Waals surface area (Å²) in [4.78, 5) is 24.7. The zero-order chi connectivity index (χ0) is 21.1. The third-order valence-corrected chi connectivity index (χ3v) is 4.37. The highest BCUT2D eigenvalue weighted by atomic mass is 19.3. The van der Waals surface area contributed by atoms with E-state index in [-0.39, 0.29) is 12.8 Å². The van der Waals surface area contributed by atoms with E-state index in [1.807, 2.05) is 0 Å². The van der Waals surface area contributed by atoms with Crippen molar-refractivity contribution in [3.05, 3.63) is 47.3 Å².